The van der Waals surface area contributed by atoms with Crippen LogP contribution in [-0.2, 0) is 6.61 Å². The molecule has 1 heterocycles. The number of aliphatic imine (C=N–C) groups is 1. The van der Waals surface area contributed by atoms with Crippen LogP contribution in [0, 0.1) is 11.3 Å². The van der Waals surface area contributed by atoms with Crippen molar-refractivity contribution in [2.24, 2.45) is 4.99 Å². The number of guanidine groups is 1. The minimum atomic E-state index is 0.356. The highest BCUT2D eigenvalue weighted by molar-refractivity contribution is 5.94. The fourth-order valence-electron chi connectivity index (χ4n) is 2.98. The van der Waals surface area contributed by atoms with Crippen molar-refractivity contribution in [1.82, 2.24) is 5.32 Å². The van der Waals surface area contributed by atoms with E-state index in [-0.39, 0.29) is 0 Å². The van der Waals surface area contributed by atoms with Crippen molar-refractivity contribution < 1.29 is 4.74 Å². The van der Waals surface area contributed by atoms with E-state index >= 15 is 0 Å². The standard InChI is InChI=1S/C21H18N4O/c22-13-20-16(6-5-15-3-1-2-4-19(15)20)14-26-18-9-7-17(8-10-18)25-21-23-11-12-24-21/h1-10H,11-12,14H2,(H2,23,24,25). The molecule has 1 aliphatic rings. The Balaban J connectivity index is 1.47. The van der Waals surface area contributed by atoms with Gasteiger partial charge in [-0.1, -0.05) is 36.4 Å². The predicted octanol–water partition coefficient (Wildman–Crippen LogP) is 3.66. The molecule has 0 fully saturated rings. The minimum absolute atomic E-state index is 0.356. The number of nitrogens with zero attached hydrogens (tertiary/aromatic N) is 2. The monoisotopic (exact) mass is 342 g/mol. The molecule has 0 amide bonds. The summed E-state index contributed by atoms with van der Waals surface area (Å²) in [7, 11) is 0. The SMILES string of the molecule is N#Cc1c(COc2ccc(NC3=NCCN3)cc2)ccc2ccccc12. The van der Waals surface area contributed by atoms with Crippen LogP contribution in [0.1, 0.15) is 11.1 Å². The third-order valence-corrected chi connectivity index (χ3v) is 4.31. The molecule has 0 bridgehead atoms. The maximum absolute atomic E-state index is 9.55. The Kier molecular flexibility index (Phi) is 4.40. The highest BCUT2D eigenvalue weighted by atomic mass is 16.5. The summed E-state index contributed by atoms with van der Waals surface area (Å²) in [6.45, 7) is 2.03. The number of benzene rings is 3. The first-order valence-corrected chi connectivity index (χ1v) is 8.52. The lowest BCUT2D eigenvalue weighted by Crippen LogP contribution is -2.26. The lowest BCUT2D eigenvalue weighted by Gasteiger charge is -2.11. The van der Waals surface area contributed by atoms with Gasteiger partial charge in [0.2, 0.25) is 0 Å². The molecule has 2 N–H and O–H groups in total. The van der Waals surface area contributed by atoms with Gasteiger partial charge in [0.25, 0.3) is 0 Å². The number of hydrogen-bond acceptors (Lipinski definition) is 5. The zero-order chi connectivity index (χ0) is 17.8. The van der Waals surface area contributed by atoms with Crippen LogP contribution in [0.5, 0.6) is 5.75 Å². The van der Waals surface area contributed by atoms with Gasteiger partial charge in [0, 0.05) is 17.8 Å². The molecule has 0 aromatic heterocycles. The minimum Gasteiger partial charge on any atom is -0.489 e. The molecule has 0 radical (unpaired) electrons. The Labute approximate surface area is 151 Å². The number of nitrogens with one attached hydrogen (secondary N) is 2. The Morgan fingerprint density at radius 3 is 2.69 bits per heavy atom. The van der Waals surface area contributed by atoms with Gasteiger partial charge < -0.3 is 15.4 Å². The summed E-state index contributed by atoms with van der Waals surface area (Å²) >= 11 is 0. The molecule has 0 unspecified atom stereocenters. The summed E-state index contributed by atoms with van der Waals surface area (Å²) in [4.78, 5) is 4.31. The molecule has 0 aliphatic carbocycles. The summed E-state index contributed by atoms with van der Waals surface area (Å²) < 4.78 is 5.88. The molecule has 0 saturated carbocycles. The molecule has 1 aliphatic heterocycles. The maximum Gasteiger partial charge on any atom is 0.195 e. The molecule has 0 spiro atoms. The first-order chi connectivity index (χ1) is 12.8. The van der Waals surface area contributed by atoms with Crippen molar-refractivity contribution in [1.29, 1.82) is 5.26 Å². The van der Waals surface area contributed by atoms with Gasteiger partial charge in [-0.25, -0.2) is 0 Å². The Bertz CT molecular complexity index is 1000. The third-order valence-electron chi connectivity index (χ3n) is 4.31. The van der Waals surface area contributed by atoms with Gasteiger partial charge in [-0.05, 0) is 35.0 Å². The van der Waals surface area contributed by atoms with Crippen LogP contribution in [0.3, 0.4) is 0 Å². The van der Waals surface area contributed by atoms with Crippen LogP contribution >= 0.6 is 0 Å². The summed E-state index contributed by atoms with van der Waals surface area (Å²) in [5.74, 6) is 1.56. The number of hydrogen-bond donors (Lipinski definition) is 2. The highest BCUT2D eigenvalue weighted by Gasteiger charge is 2.08. The molecule has 26 heavy (non-hydrogen) atoms. The van der Waals surface area contributed by atoms with E-state index in [0.29, 0.717) is 12.2 Å². The second kappa shape index (κ2) is 7.16. The molecule has 4 rings (SSSR count). The van der Waals surface area contributed by atoms with Crippen LogP contribution in [0.25, 0.3) is 10.8 Å². The molecular weight excluding hydrogens is 324 g/mol. The average Bonchev–Trinajstić information content (AvgIpc) is 3.20. The van der Waals surface area contributed by atoms with Gasteiger partial charge in [0.05, 0.1) is 12.1 Å². The summed E-state index contributed by atoms with van der Waals surface area (Å²) in [6, 6.07) is 21.9. The molecule has 3 aromatic carbocycles. The average molecular weight is 342 g/mol. The van der Waals surface area contributed by atoms with E-state index in [4.69, 9.17) is 4.74 Å². The lowest BCUT2D eigenvalue weighted by molar-refractivity contribution is 0.306. The van der Waals surface area contributed by atoms with Crippen LogP contribution in [0.4, 0.5) is 5.69 Å². The van der Waals surface area contributed by atoms with Gasteiger partial charge in [-0.2, -0.15) is 5.26 Å². The first-order valence-electron chi connectivity index (χ1n) is 8.52. The molecule has 3 aromatic rings. The molecule has 0 atom stereocenters. The number of anilines is 1. The van der Waals surface area contributed by atoms with Crippen molar-refractivity contribution in [3.05, 3.63) is 71.8 Å². The lowest BCUT2D eigenvalue weighted by atomic mass is 10.0. The fourth-order valence-corrected chi connectivity index (χ4v) is 2.98. The van der Waals surface area contributed by atoms with E-state index < -0.39 is 0 Å². The zero-order valence-electron chi connectivity index (χ0n) is 14.2. The molecule has 0 saturated heterocycles. The number of ether oxygens (including phenoxy) is 1. The van der Waals surface area contributed by atoms with E-state index in [1.54, 1.807) is 0 Å². The third kappa shape index (κ3) is 3.31. The second-order valence-electron chi connectivity index (χ2n) is 6.03. The zero-order valence-corrected chi connectivity index (χ0v) is 14.2. The molecule has 128 valence electrons. The number of fused-ring (bicyclic) bond motifs is 1. The van der Waals surface area contributed by atoms with Crippen LogP contribution in [-0.4, -0.2) is 19.0 Å². The van der Waals surface area contributed by atoms with Crippen molar-refractivity contribution in [3.63, 3.8) is 0 Å². The van der Waals surface area contributed by atoms with Crippen molar-refractivity contribution in [3.8, 4) is 11.8 Å². The van der Waals surface area contributed by atoms with Gasteiger partial charge in [0.1, 0.15) is 18.4 Å². The second-order valence-corrected chi connectivity index (χ2v) is 6.03. The Morgan fingerprint density at radius 1 is 1.08 bits per heavy atom. The van der Waals surface area contributed by atoms with Crippen molar-refractivity contribution >= 4 is 22.4 Å². The quantitative estimate of drug-likeness (QED) is 0.759. The van der Waals surface area contributed by atoms with E-state index in [2.05, 4.69) is 21.7 Å². The maximum atomic E-state index is 9.55. The van der Waals surface area contributed by atoms with E-state index in [1.165, 1.54) is 0 Å². The van der Waals surface area contributed by atoms with Crippen LogP contribution in [0.15, 0.2) is 65.7 Å². The Morgan fingerprint density at radius 2 is 1.92 bits per heavy atom. The molecule has 5 heteroatoms. The summed E-state index contributed by atoms with van der Waals surface area (Å²) in [5.41, 5.74) is 2.51. The fraction of sp³-hybridized carbons (Fsp3) is 0.143. The van der Waals surface area contributed by atoms with Crippen LogP contribution in [0.2, 0.25) is 0 Å². The van der Waals surface area contributed by atoms with Gasteiger partial charge in [-0.15, -0.1) is 0 Å². The van der Waals surface area contributed by atoms with Crippen molar-refractivity contribution in [2.45, 2.75) is 6.61 Å². The normalized spacial score (nSPS) is 13.0. The van der Waals surface area contributed by atoms with E-state index in [9.17, 15) is 5.26 Å². The van der Waals surface area contributed by atoms with E-state index in [0.717, 1.165) is 46.8 Å². The topological polar surface area (TPSA) is 69.4 Å². The van der Waals surface area contributed by atoms with Gasteiger partial charge in [0.15, 0.2) is 5.96 Å². The Hall–Kier alpha value is -3.52. The van der Waals surface area contributed by atoms with E-state index in [1.807, 2.05) is 60.7 Å². The molecule has 5 nitrogen and oxygen atoms in total. The smallest absolute Gasteiger partial charge is 0.195 e. The van der Waals surface area contributed by atoms with Gasteiger partial charge >= 0.3 is 0 Å². The number of rotatable bonds is 4. The van der Waals surface area contributed by atoms with Gasteiger partial charge in [-0.3, -0.25) is 4.99 Å². The largest absolute Gasteiger partial charge is 0.489 e. The first kappa shape index (κ1) is 16.0. The molecular formula is C21H18N4O. The summed E-state index contributed by atoms with van der Waals surface area (Å²) in [6.07, 6.45) is 0. The summed E-state index contributed by atoms with van der Waals surface area (Å²) in [5, 5.41) is 18.0. The van der Waals surface area contributed by atoms with Crippen LogP contribution < -0.4 is 15.4 Å². The van der Waals surface area contributed by atoms with Crippen molar-refractivity contribution in [2.75, 3.05) is 18.4 Å². The number of nitriles is 1. The predicted molar refractivity (Wildman–Crippen MR) is 103 cm³/mol. The highest BCUT2D eigenvalue weighted by Crippen LogP contribution is 2.24.